The highest BCUT2D eigenvalue weighted by molar-refractivity contribution is 7.10. The summed E-state index contributed by atoms with van der Waals surface area (Å²) in [5.74, 6) is 0. The van der Waals surface area contributed by atoms with E-state index in [1.54, 1.807) is 0 Å². The number of aromatic nitrogens is 1. The van der Waals surface area contributed by atoms with E-state index in [1.165, 1.54) is 21.5 Å². The predicted octanol–water partition coefficient (Wildman–Crippen LogP) is 4.21. The zero-order valence-corrected chi connectivity index (χ0v) is 12.8. The van der Waals surface area contributed by atoms with Crippen LogP contribution in [0.4, 0.5) is 0 Å². The van der Waals surface area contributed by atoms with Gasteiger partial charge in [0, 0.05) is 16.1 Å². The molecule has 0 bridgehead atoms. The SMILES string of the molecule is CNCC[C@H](c1cccs1)n1c(C)cc2ccccc21. The van der Waals surface area contributed by atoms with Gasteiger partial charge in [0.25, 0.3) is 0 Å². The fourth-order valence-electron chi connectivity index (χ4n) is 2.89. The van der Waals surface area contributed by atoms with Gasteiger partial charge in [-0.05, 0) is 55.9 Å². The minimum atomic E-state index is 0.419. The Morgan fingerprint density at radius 1 is 1.20 bits per heavy atom. The molecule has 0 amide bonds. The number of para-hydroxylation sites is 1. The van der Waals surface area contributed by atoms with E-state index in [2.05, 4.69) is 64.7 Å². The molecule has 0 radical (unpaired) electrons. The lowest BCUT2D eigenvalue weighted by Gasteiger charge is -2.21. The van der Waals surface area contributed by atoms with Crippen LogP contribution in [0.15, 0.2) is 47.8 Å². The minimum Gasteiger partial charge on any atom is -0.337 e. The number of thiophene rings is 1. The molecule has 0 spiro atoms. The summed E-state index contributed by atoms with van der Waals surface area (Å²) in [4.78, 5) is 1.43. The summed E-state index contributed by atoms with van der Waals surface area (Å²) >= 11 is 1.85. The molecule has 3 aromatic rings. The fraction of sp³-hybridized carbons (Fsp3) is 0.294. The average Bonchev–Trinajstić information content (AvgIpc) is 3.08. The van der Waals surface area contributed by atoms with E-state index in [0.717, 1.165) is 13.0 Å². The van der Waals surface area contributed by atoms with E-state index in [4.69, 9.17) is 0 Å². The van der Waals surface area contributed by atoms with E-state index in [0.29, 0.717) is 6.04 Å². The molecule has 20 heavy (non-hydrogen) atoms. The normalized spacial score (nSPS) is 12.9. The Labute approximate surface area is 124 Å². The molecule has 2 aromatic heterocycles. The molecule has 104 valence electrons. The molecule has 0 aliphatic rings. The van der Waals surface area contributed by atoms with Crippen molar-refractivity contribution in [3.8, 4) is 0 Å². The maximum atomic E-state index is 3.28. The number of rotatable bonds is 5. The van der Waals surface area contributed by atoms with Crippen molar-refractivity contribution in [1.29, 1.82) is 0 Å². The van der Waals surface area contributed by atoms with Gasteiger partial charge in [-0.15, -0.1) is 11.3 Å². The highest BCUT2D eigenvalue weighted by Crippen LogP contribution is 2.32. The van der Waals surface area contributed by atoms with Crippen molar-refractivity contribution < 1.29 is 0 Å². The topological polar surface area (TPSA) is 17.0 Å². The molecule has 2 heterocycles. The molecule has 0 saturated carbocycles. The van der Waals surface area contributed by atoms with Crippen molar-refractivity contribution in [1.82, 2.24) is 9.88 Å². The summed E-state index contributed by atoms with van der Waals surface area (Å²) in [7, 11) is 2.02. The first-order valence-electron chi connectivity index (χ1n) is 7.06. The van der Waals surface area contributed by atoms with Crippen LogP contribution in [0.3, 0.4) is 0 Å². The molecule has 0 unspecified atom stereocenters. The van der Waals surface area contributed by atoms with Gasteiger partial charge in [-0.1, -0.05) is 24.3 Å². The summed E-state index contributed by atoms with van der Waals surface area (Å²) in [6.07, 6.45) is 1.11. The van der Waals surface area contributed by atoms with Gasteiger partial charge < -0.3 is 9.88 Å². The molecular weight excluding hydrogens is 264 g/mol. The molecule has 0 aliphatic heterocycles. The van der Waals surface area contributed by atoms with Gasteiger partial charge in [0.05, 0.1) is 6.04 Å². The Morgan fingerprint density at radius 2 is 2.05 bits per heavy atom. The molecule has 3 rings (SSSR count). The Hall–Kier alpha value is -1.58. The Balaban J connectivity index is 2.11. The van der Waals surface area contributed by atoms with Gasteiger partial charge in [-0.2, -0.15) is 0 Å². The highest BCUT2D eigenvalue weighted by atomic mass is 32.1. The molecule has 1 aromatic carbocycles. The first-order chi connectivity index (χ1) is 9.81. The molecule has 3 heteroatoms. The van der Waals surface area contributed by atoms with Crippen molar-refractivity contribution in [3.63, 3.8) is 0 Å². The predicted molar refractivity (Wildman–Crippen MR) is 87.7 cm³/mol. The molecule has 0 saturated heterocycles. The number of aryl methyl sites for hydroxylation is 1. The summed E-state index contributed by atoms with van der Waals surface area (Å²) in [5, 5.41) is 6.78. The van der Waals surface area contributed by atoms with E-state index in [9.17, 15) is 0 Å². The lowest BCUT2D eigenvalue weighted by molar-refractivity contribution is 0.538. The average molecular weight is 284 g/mol. The maximum absolute atomic E-state index is 3.28. The van der Waals surface area contributed by atoms with Crippen LogP contribution in [0, 0.1) is 6.92 Å². The molecule has 2 nitrogen and oxygen atoms in total. The summed E-state index contributed by atoms with van der Waals surface area (Å²) < 4.78 is 2.48. The first-order valence-corrected chi connectivity index (χ1v) is 7.94. The van der Waals surface area contributed by atoms with Crippen molar-refractivity contribution in [2.24, 2.45) is 0 Å². The molecule has 0 aliphatic carbocycles. The Bertz CT molecular complexity index is 682. The second-order valence-corrected chi connectivity index (χ2v) is 6.12. The summed E-state index contributed by atoms with van der Waals surface area (Å²) in [6, 6.07) is 15.8. The second-order valence-electron chi connectivity index (χ2n) is 5.14. The van der Waals surface area contributed by atoms with E-state index in [-0.39, 0.29) is 0 Å². The highest BCUT2D eigenvalue weighted by Gasteiger charge is 2.18. The first kappa shape index (κ1) is 13.4. The van der Waals surface area contributed by atoms with Crippen molar-refractivity contribution in [2.75, 3.05) is 13.6 Å². The standard InChI is InChI=1S/C17H20N2S/c1-13-12-14-6-3-4-7-15(14)19(13)16(9-10-18-2)17-8-5-11-20-17/h3-8,11-12,16,18H,9-10H2,1-2H3/t16-/m1/s1. The summed E-state index contributed by atoms with van der Waals surface area (Å²) in [5.41, 5.74) is 2.67. The Morgan fingerprint density at radius 3 is 2.80 bits per heavy atom. The minimum absolute atomic E-state index is 0.419. The number of fused-ring (bicyclic) bond motifs is 1. The zero-order valence-electron chi connectivity index (χ0n) is 12.0. The van der Waals surface area contributed by atoms with Crippen LogP contribution >= 0.6 is 11.3 Å². The van der Waals surface area contributed by atoms with E-state index < -0.39 is 0 Å². The number of nitrogens with zero attached hydrogens (tertiary/aromatic N) is 1. The smallest absolute Gasteiger partial charge is 0.0693 e. The third-order valence-electron chi connectivity index (χ3n) is 3.79. The quantitative estimate of drug-likeness (QED) is 0.742. The van der Waals surface area contributed by atoms with Gasteiger partial charge in [-0.3, -0.25) is 0 Å². The van der Waals surface area contributed by atoms with Gasteiger partial charge in [-0.25, -0.2) is 0 Å². The van der Waals surface area contributed by atoms with Crippen molar-refractivity contribution in [2.45, 2.75) is 19.4 Å². The van der Waals surface area contributed by atoms with Crippen LogP contribution in [-0.4, -0.2) is 18.2 Å². The number of benzene rings is 1. The largest absolute Gasteiger partial charge is 0.337 e. The summed E-state index contributed by atoms with van der Waals surface area (Å²) in [6.45, 7) is 3.23. The lowest BCUT2D eigenvalue weighted by Crippen LogP contribution is -2.17. The lowest BCUT2D eigenvalue weighted by atomic mass is 10.1. The van der Waals surface area contributed by atoms with Gasteiger partial charge in [0.1, 0.15) is 0 Å². The maximum Gasteiger partial charge on any atom is 0.0693 e. The molecule has 0 fully saturated rings. The van der Waals surface area contributed by atoms with Crippen LogP contribution in [-0.2, 0) is 0 Å². The van der Waals surface area contributed by atoms with E-state index >= 15 is 0 Å². The van der Waals surface area contributed by atoms with Gasteiger partial charge in [0.15, 0.2) is 0 Å². The van der Waals surface area contributed by atoms with Crippen molar-refractivity contribution >= 4 is 22.2 Å². The second kappa shape index (κ2) is 5.81. The van der Waals surface area contributed by atoms with Crippen LogP contribution in [0.1, 0.15) is 23.0 Å². The van der Waals surface area contributed by atoms with E-state index in [1.807, 2.05) is 18.4 Å². The van der Waals surface area contributed by atoms with Crippen LogP contribution in [0.2, 0.25) is 0 Å². The van der Waals surface area contributed by atoms with Crippen LogP contribution in [0.5, 0.6) is 0 Å². The fourth-order valence-corrected chi connectivity index (χ4v) is 3.74. The Kier molecular flexibility index (Phi) is 3.90. The van der Waals surface area contributed by atoms with Gasteiger partial charge >= 0.3 is 0 Å². The zero-order chi connectivity index (χ0) is 13.9. The number of hydrogen-bond acceptors (Lipinski definition) is 2. The molecule has 1 atom stereocenters. The third-order valence-corrected chi connectivity index (χ3v) is 4.77. The van der Waals surface area contributed by atoms with Gasteiger partial charge in [0.2, 0.25) is 0 Å². The number of hydrogen-bond donors (Lipinski definition) is 1. The van der Waals surface area contributed by atoms with Crippen LogP contribution in [0.25, 0.3) is 10.9 Å². The third kappa shape index (κ3) is 2.39. The molecular formula is C17H20N2S. The van der Waals surface area contributed by atoms with Crippen LogP contribution < -0.4 is 5.32 Å². The number of nitrogens with one attached hydrogen (secondary N) is 1. The van der Waals surface area contributed by atoms with Crippen molar-refractivity contribution in [3.05, 3.63) is 58.4 Å². The monoisotopic (exact) mass is 284 g/mol. The molecule has 1 N–H and O–H groups in total.